The average Bonchev–Trinajstić information content (AvgIpc) is 2.81. The van der Waals surface area contributed by atoms with Crippen molar-refractivity contribution in [3.05, 3.63) is 15.6 Å². The Labute approximate surface area is 126 Å². The van der Waals surface area contributed by atoms with Crippen LogP contribution in [-0.2, 0) is 6.18 Å². The summed E-state index contributed by atoms with van der Waals surface area (Å²) in [5.41, 5.74) is -1.09. The van der Waals surface area contributed by atoms with Gasteiger partial charge >= 0.3 is 6.18 Å². The van der Waals surface area contributed by atoms with Gasteiger partial charge in [0.05, 0.1) is 5.01 Å². The number of halogens is 3. The molecule has 0 spiro atoms. The van der Waals surface area contributed by atoms with Crippen LogP contribution in [-0.4, -0.2) is 42.0 Å². The Hall–Kier alpha value is -1.15. The third kappa shape index (κ3) is 5.28. The number of alkyl halides is 3. The van der Waals surface area contributed by atoms with E-state index in [-0.39, 0.29) is 9.88 Å². The average molecular weight is 323 g/mol. The quantitative estimate of drug-likeness (QED) is 0.785. The lowest BCUT2D eigenvalue weighted by Crippen LogP contribution is -2.30. The highest BCUT2D eigenvalue weighted by molar-refractivity contribution is 7.13. The Morgan fingerprint density at radius 1 is 1.33 bits per heavy atom. The van der Waals surface area contributed by atoms with Crippen molar-refractivity contribution >= 4 is 17.2 Å². The number of nitrogens with one attached hydrogen (secondary N) is 1. The van der Waals surface area contributed by atoms with E-state index in [2.05, 4.69) is 15.2 Å². The highest BCUT2D eigenvalue weighted by atomic mass is 32.1. The zero-order chi connectivity index (χ0) is 16.0. The van der Waals surface area contributed by atoms with Crippen LogP contribution in [0.5, 0.6) is 0 Å². The second-order valence-corrected chi connectivity index (χ2v) is 5.75. The molecule has 4 nitrogen and oxygen atoms in total. The van der Waals surface area contributed by atoms with Crippen LogP contribution in [0.4, 0.5) is 13.2 Å². The van der Waals surface area contributed by atoms with Gasteiger partial charge in [-0.25, -0.2) is 4.98 Å². The molecule has 0 aliphatic rings. The first-order valence-electron chi connectivity index (χ1n) is 6.84. The zero-order valence-corrected chi connectivity index (χ0v) is 13.2. The van der Waals surface area contributed by atoms with Crippen LogP contribution in [0.3, 0.4) is 0 Å². The normalized spacial score (nSPS) is 12.0. The summed E-state index contributed by atoms with van der Waals surface area (Å²) in [5.74, 6) is -0.701. The molecule has 1 amide bonds. The van der Waals surface area contributed by atoms with Crippen LogP contribution in [0.25, 0.3) is 0 Å². The first kappa shape index (κ1) is 17.9. The molecule has 1 rings (SSSR count). The van der Waals surface area contributed by atoms with Gasteiger partial charge in [-0.1, -0.05) is 13.8 Å². The lowest BCUT2D eigenvalue weighted by Gasteiger charge is -2.17. The van der Waals surface area contributed by atoms with E-state index >= 15 is 0 Å². The first-order chi connectivity index (χ1) is 9.79. The molecule has 0 aliphatic carbocycles. The number of hydrogen-bond acceptors (Lipinski definition) is 4. The van der Waals surface area contributed by atoms with E-state index in [4.69, 9.17) is 0 Å². The second kappa shape index (κ2) is 7.74. The van der Waals surface area contributed by atoms with Crippen LogP contribution in [0.15, 0.2) is 0 Å². The SMILES string of the molecule is CCN(CC)CCCNC(=O)c1sc(C)nc1C(F)(F)F. The van der Waals surface area contributed by atoms with Gasteiger partial charge in [-0.05, 0) is 33.0 Å². The molecule has 0 aliphatic heterocycles. The fraction of sp³-hybridized carbons (Fsp3) is 0.692. The zero-order valence-electron chi connectivity index (χ0n) is 12.4. The van der Waals surface area contributed by atoms with Crippen molar-refractivity contribution in [2.75, 3.05) is 26.2 Å². The Kier molecular flexibility index (Phi) is 6.60. The van der Waals surface area contributed by atoms with Crippen molar-refractivity contribution in [1.82, 2.24) is 15.2 Å². The predicted molar refractivity (Wildman–Crippen MR) is 76.6 cm³/mol. The summed E-state index contributed by atoms with van der Waals surface area (Å²) in [7, 11) is 0. The van der Waals surface area contributed by atoms with Gasteiger partial charge in [0.2, 0.25) is 0 Å². The molecule has 1 aromatic rings. The van der Waals surface area contributed by atoms with E-state index in [0.717, 1.165) is 31.0 Å². The number of hydrogen-bond donors (Lipinski definition) is 1. The van der Waals surface area contributed by atoms with Crippen molar-refractivity contribution in [2.24, 2.45) is 0 Å². The highest BCUT2D eigenvalue weighted by Crippen LogP contribution is 2.34. The predicted octanol–water partition coefficient (Wildman–Crippen LogP) is 2.93. The standard InChI is InChI=1S/C13H20F3N3OS/c1-4-19(5-2)8-6-7-17-12(20)10-11(13(14,15)16)18-9(3)21-10/h4-8H2,1-3H3,(H,17,20). The summed E-state index contributed by atoms with van der Waals surface area (Å²) in [6, 6.07) is 0. The van der Waals surface area contributed by atoms with Crippen LogP contribution in [0.2, 0.25) is 0 Å². The Morgan fingerprint density at radius 3 is 2.48 bits per heavy atom. The van der Waals surface area contributed by atoms with Gasteiger partial charge in [0.1, 0.15) is 4.88 Å². The maximum absolute atomic E-state index is 12.8. The molecule has 1 heterocycles. The summed E-state index contributed by atoms with van der Waals surface area (Å²) in [6.45, 7) is 8.52. The van der Waals surface area contributed by atoms with Gasteiger partial charge in [-0.15, -0.1) is 11.3 Å². The molecule has 0 aromatic carbocycles. The summed E-state index contributed by atoms with van der Waals surface area (Å²) in [5, 5.41) is 2.77. The number of carbonyl (C=O) groups excluding carboxylic acids is 1. The van der Waals surface area contributed by atoms with Crippen LogP contribution in [0.1, 0.15) is 40.6 Å². The fourth-order valence-electron chi connectivity index (χ4n) is 1.90. The van der Waals surface area contributed by atoms with Crippen molar-refractivity contribution < 1.29 is 18.0 Å². The van der Waals surface area contributed by atoms with E-state index < -0.39 is 17.8 Å². The molecule has 1 aromatic heterocycles. The minimum absolute atomic E-state index is 0.232. The Balaban J connectivity index is 2.57. The lowest BCUT2D eigenvalue weighted by atomic mass is 10.3. The lowest BCUT2D eigenvalue weighted by molar-refractivity contribution is -0.141. The summed E-state index contributed by atoms with van der Waals surface area (Å²) >= 11 is 0.769. The van der Waals surface area contributed by atoms with Crippen LogP contribution in [0, 0.1) is 6.92 Å². The van der Waals surface area contributed by atoms with Gasteiger partial charge in [0.15, 0.2) is 5.69 Å². The molecule has 0 unspecified atom stereocenters. The number of rotatable bonds is 7. The number of carbonyl (C=O) groups is 1. The van der Waals surface area contributed by atoms with Crippen molar-refractivity contribution in [1.29, 1.82) is 0 Å². The first-order valence-corrected chi connectivity index (χ1v) is 7.66. The monoisotopic (exact) mass is 323 g/mol. The summed E-state index contributed by atoms with van der Waals surface area (Å²) in [6.07, 6.45) is -3.90. The van der Waals surface area contributed by atoms with Crippen LogP contribution >= 0.6 is 11.3 Å². The molecule has 120 valence electrons. The molecule has 0 atom stereocenters. The molecule has 1 N–H and O–H groups in total. The number of amides is 1. The molecule has 0 saturated heterocycles. The summed E-state index contributed by atoms with van der Waals surface area (Å²) < 4.78 is 38.3. The minimum Gasteiger partial charge on any atom is -0.351 e. The molecular weight excluding hydrogens is 303 g/mol. The van der Waals surface area contributed by atoms with Gasteiger partial charge in [0, 0.05) is 6.54 Å². The fourth-order valence-corrected chi connectivity index (χ4v) is 2.75. The maximum Gasteiger partial charge on any atom is 0.435 e. The number of nitrogens with zero attached hydrogens (tertiary/aromatic N) is 2. The van der Waals surface area contributed by atoms with E-state index in [1.807, 2.05) is 13.8 Å². The third-order valence-corrected chi connectivity index (χ3v) is 4.01. The Morgan fingerprint density at radius 2 is 1.95 bits per heavy atom. The van der Waals surface area contributed by atoms with Gasteiger partial charge in [-0.3, -0.25) is 4.79 Å². The van der Waals surface area contributed by atoms with Crippen LogP contribution < -0.4 is 5.32 Å². The third-order valence-electron chi connectivity index (χ3n) is 3.04. The number of thiazole rings is 1. The highest BCUT2D eigenvalue weighted by Gasteiger charge is 2.39. The molecule has 0 saturated carbocycles. The maximum atomic E-state index is 12.8. The molecule has 8 heteroatoms. The molecule has 0 bridgehead atoms. The largest absolute Gasteiger partial charge is 0.435 e. The number of aryl methyl sites for hydroxylation is 1. The second-order valence-electron chi connectivity index (χ2n) is 4.54. The number of aromatic nitrogens is 1. The van der Waals surface area contributed by atoms with Crippen molar-refractivity contribution in [3.63, 3.8) is 0 Å². The molecule has 21 heavy (non-hydrogen) atoms. The Bertz CT molecular complexity index is 470. The van der Waals surface area contributed by atoms with Gasteiger partial charge in [-0.2, -0.15) is 13.2 Å². The topological polar surface area (TPSA) is 45.2 Å². The summed E-state index contributed by atoms with van der Waals surface area (Å²) in [4.78, 5) is 17.1. The van der Waals surface area contributed by atoms with Gasteiger partial charge < -0.3 is 10.2 Å². The van der Waals surface area contributed by atoms with Gasteiger partial charge in [0.25, 0.3) is 5.91 Å². The minimum atomic E-state index is -4.60. The van der Waals surface area contributed by atoms with Crippen molar-refractivity contribution in [3.8, 4) is 0 Å². The van der Waals surface area contributed by atoms with E-state index in [1.54, 1.807) is 0 Å². The molecule has 0 radical (unpaired) electrons. The van der Waals surface area contributed by atoms with E-state index in [9.17, 15) is 18.0 Å². The molecule has 0 fully saturated rings. The van der Waals surface area contributed by atoms with Crippen molar-refractivity contribution in [2.45, 2.75) is 33.4 Å². The smallest absolute Gasteiger partial charge is 0.351 e. The van der Waals surface area contributed by atoms with E-state index in [1.165, 1.54) is 6.92 Å². The van der Waals surface area contributed by atoms with E-state index in [0.29, 0.717) is 13.0 Å². The molecular formula is C13H20F3N3OS.